The van der Waals surface area contributed by atoms with Crippen LogP contribution in [-0.2, 0) is 9.53 Å². The SMILES string of the molecule is C=CC(O)C(=O)OCCCC. The lowest BCUT2D eigenvalue weighted by atomic mass is 10.3. The number of rotatable bonds is 5. The zero-order valence-corrected chi connectivity index (χ0v) is 6.75. The summed E-state index contributed by atoms with van der Waals surface area (Å²) in [6.07, 6.45) is 1.77. The van der Waals surface area contributed by atoms with Crippen molar-refractivity contribution in [1.29, 1.82) is 0 Å². The highest BCUT2D eigenvalue weighted by molar-refractivity contribution is 5.76. The largest absolute Gasteiger partial charge is 0.464 e. The van der Waals surface area contributed by atoms with Crippen LogP contribution in [0, 0.1) is 0 Å². The molecule has 1 unspecified atom stereocenters. The van der Waals surface area contributed by atoms with Gasteiger partial charge in [0.25, 0.3) is 0 Å². The van der Waals surface area contributed by atoms with E-state index in [0.29, 0.717) is 6.61 Å². The minimum atomic E-state index is -1.17. The third kappa shape index (κ3) is 4.56. The molecule has 0 aromatic heterocycles. The van der Waals surface area contributed by atoms with E-state index in [-0.39, 0.29) is 0 Å². The second-order valence-electron chi connectivity index (χ2n) is 2.20. The Bertz CT molecular complexity index is 131. The van der Waals surface area contributed by atoms with E-state index in [1.165, 1.54) is 0 Å². The van der Waals surface area contributed by atoms with Crippen LogP contribution in [0.2, 0.25) is 0 Å². The van der Waals surface area contributed by atoms with Crippen LogP contribution in [-0.4, -0.2) is 23.8 Å². The first kappa shape index (κ1) is 10.2. The molecule has 0 radical (unpaired) electrons. The number of aliphatic hydroxyl groups excluding tert-OH is 1. The maximum atomic E-state index is 10.7. The smallest absolute Gasteiger partial charge is 0.338 e. The van der Waals surface area contributed by atoms with Crippen LogP contribution in [0.5, 0.6) is 0 Å². The van der Waals surface area contributed by atoms with E-state index in [1.54, 1.807) is 0 Å². The lowest BCUT2D eigenvalue weighted by Crippen LogP contribution is -2.20. The summed E-state index contributed by atoms with van der Waals surface area (Å²) in [5, 5.41) is 8.83. The number of unbranched alkanes of at least 4 members (excludes halogenated alkanes) is 1. The Morgan fingerprint density at radius 3 is 2.91 bits per heavy atom. The summed E-state index contributed by atoms with van der Waals surface area (Å²) in [5.74, 6) is -0.617. The van der Waals surface area contributed by atoms with Crippen molar-refractivity contribution in [2.45, 2.75) is 25.9 Å². The average molecular weight is 158 g/mol. The van der Waals surface area contributed by atoms with Crippen LogP contribution in [0.4, 0.5) is 0 Å². The minimum Gasteiger partial charge on any atom is -0.464 e. The number of hydrogen-bond acceptors (Lipinski definition) is 3. The molecule has 0 saturated carbocycles. The van der Waals surface area contributed by atoms with Crippen molar-refractivity contribution < 1.29 is 14.6 Å². The zero-order chi connectivity index (χ0) is 8.69. The number of aliphatic hydroxyl groups is 1. The van der Waals surface area contributed by atoms with Crippen LogP contribution in [0.3, 0.4) is 0 Å². The van der Waals surface area contributed by atoms with E-state index in [0.717, 1.165) is 18.9 Å². The van der Waals surface area contributed by atoms with Crippen molar-refractivity contribution in [2.24, 2.45) is 0 Å². The molecule has 0 aromatic rings. The second-order valence-corrected chi connectivity index (χ2v) is 2.20. The van der Waals surface area contributed by atoms with Crippen molar-refractivity contribution in [3.8, 4) is 0 Å². The topological polar surface area (TPSA) is 46.5 Å². The highest BCUT2D eigenvalue weighted by Crippen LogP contribution is 1.93. The molecule has 0 aromatic carbocycles. The van der Waals surface area contributed by atoms with Crippen molar-refractivity contribution >= 4 is 5.97 Å². The molecule has 0 fully saturated rings. The van der Waals surface area contributed by atoms with Gasteiger partial charge in [0.1, 0.15) is 0 Å². The predicted octanol–water partition coefficient (Wildman–Crippen LogP) is 0.877. The number of carbonyl (C=O) groups excluding carboxylic acids is 1. The van der Waals surface area contributed by atoms with Crippen LogP contribution in [0.1, 0.15) is 19.8 Å². The molecule has 1 N–H and O–H groups in total. The van der Waals surface area contributed by atoms with Gasteiger partial charge in [-0.05, 0) is 6.42 Å². The van der Waals surface area contributed by atoms with Gasteiger partial charge in [0, 0.05) is 0 Å². The maximum Gasteiger partial charge on any atom is 0.338 e. The molecule has 0 saturated heterocycles. The van der Waals surface area contributed by atoms with Gasteiger partial charge in [-0.1, -0.05) is 26.0 Å². The third-order valence-electron chi connectivity index (χ3n) is 1.21. The van der Waals surface area contributed by atoms with Gasteiger partial charge in [0.2, 0.25) is 0 Å². The first-order valence-corrected chi connectivity index (χ1v) is 3.69. The number of esters is 1. The molecule has 0 spiro atoms. The molecule has 3 heteroatoms. The average Bonchev–Trinajstić information content (AvgIpc) is 2.03. The Hall–Kier alpha value is -0.830. The first-order chi connectivity index (χ1) is 5.22. The van der Waals surface area contributed by atoms with Gasteiger partial charge in [-0.25, -0.2) is 4.79 Å². The van der Waals surface area contributed by atoms with E-state index >= 15 is 0 Å². The van der Waals surface area contributed by atoms with E-state index in [2.05, 4.69) is 11.3 Å². The first-order valence-electron chi connectivity index (χ1n) is 3.69. The monoisotopic (exact) mass is 158 g/mol. The van der Waals surface area contributed by atoms with Crippen molar-refractivity contribution in [2.75, 3.05) is 6.61 Å². The quantitative estimate of drug-likeness (QED) is 0.367. The molecule has 0 rings (SSSR count). The van der Waals surface area contributed by atoms with Crippen LogP contribution >= 0.6 is 0 Å². The van der Waals surface area contributed by atoms with Gasteiger partial charge >= 0.3 is 5.97 Å². The Labute approximate surface area is 66.7 Å². The summed E-state index contributed by atoms with van der Waals surface area (Å²) in [5.41, 5.74) is 0. The van der Waals surface area contributed by atoms with Crippen LogP contribution in [0.15, 0.2) is 12.7 Å². The van der Waals surface area contributed by atoms with Crippen LogP contribution in [0.25, 0.3) is 0 Å². The number of ether oxygens (including phenoxy) is 1. The fraction of sp³-hybridized carbons (Fsp3) is 0.625. The van der Waals surface area contributed by atoms with Crippen molar-refractivity contribution in [3.63, 3.8) is 0 Å². The Balaban J connectivity index is 3.44. The molecular weight excluding hydrogens is 144 g/mol. The highest BCUT2D eigenvalue weighted by atomic mass is 16.5. The summed E-state index contributed by atoms with van der Waals surface area (Å²) < 4.78 is 4.67. The molecule has 0 bridgehead atoms. The number of carbonyl (C=O) groups is 1. The van der Waals surface area contributed by atoms with Gasteiger partial charge in [-0.2, -0.15) is 0 Å². The fourth-order valence-corrected chi connectivity index (χ4v) is 0.499. The van der Waals surface area contributed by atoms with Crippen LogP contribution < -0.4 is 0 Å². The summed E-state index contributed by atoms with van der Waals surface area (Å²) in [7, 11) is 0. The molecule has 64 valence electrons. The molecule has 3 nitrogen and oxygen atoms in total. The molecule has 0 heterocycles. The lowest BCUT2D eigenvalue weighted by Gasteiger charge is -2.05. The second kappa shape index (κ2) is 5.92. The Kier molecular flexibility index (Phi) is 5.47. The molecular formula is C8H14O3. The molecule has 0 aliphatic heterocycles. The Morgan fingerprint density at radius 2 is 2.45 bits per heavy atom. The Morgan fingerprint density at radius 1 is 1.82 bits per heavy atom. The standard InChI is InChI=1S/C8H14O3/c1-3-5-6-11-8(10)7(9)4-2/h4,7,9H,2-3,5-6H2,1H3. The zero-order valence-electron chi connectivity index (χ0n) is 6.75. The van der Waals surface area contributed by atoms with Gasteiger partial charge in [-0.3, -0.25) is 0 Å². The van der Waals surface area contributed by atoms with Gasteiger partial charge in [0.05, 0.1) is 6.61 Å². The molecule has 11 heavy (non-hydrogen) atoms. The van der Waals surface area contributed by atoms with E-state index in [1.807, 2.05) is 6.92 Å². The predicted molar refractivity (Wildman–Crippen MR) is 42.1 cm³/mol. The summed E-state index contributed by atoms with van der Waals surface area (Å²) in [6.45, 7) is 5.63. The summed E-state index contributed by atoms with van der Waals surface area (Å²) >= 11 is 0. The molecule has 0 aliphatic rings. The molecule has 0 aliphatic carbocycles. The van der Waals surface area contributed by atoms with Gasteiger partial charge in [-0.15, -0.1) is 0 Å². The maximum absolute atomic E-state index is 10.7. The number of hydrogen-bond donors (Lipinski definition) is 1. The normalized spacial score (nSPS) is 12.2. The van der Waals surface area contributed by atoms with Gasteiger partial charge in [0.15, 0.2) is 6.10 Å². The minimum absolute atomic E-state index is 0.375. The highest BCUT2D eigenvalue weighted by Gasteiger charge is 2.10. The molecule has 1 atom stereocenters. The van der Waals surface area contributed by atoms with E-state index in [4.69, 9.17) is 5.11 Å². The third-order valence-corrected chi connectivity index (χ3v) is 1.21. The van der Waals surface area contributed by atoms with Crippen molar-refractivity contribution in [1.82, 2.24) is 0 Å². The lowest BCUT2D eigenvalue weighted by molar-refractivity contribution is -0.150. The summed E-state index contributed by atoms with van der Waals surface area (Å²) in [6, 6.07) is 0. The van der Waals surface area contributed by atoms with E-state index < -0.39 is 12.1 Å². The fourth-order valence-electron chi connectivity index (χ4n) is 0.499. The summed E-state index contributed by atoms with van der Waals surface area (Å²) in [4.78, 5) is 10.7. The van der Waals surface area contributed by atoms with Crippen molar-refractivity contribution in [3.05, 3.63) is 12.7 Å². The van der Waals surface area contributed by atoms with Gasteiger partial charge < -0.3 is 9.84 Å². The van der Waals surface area contributed by atoms with E-state index in [9.17, 15) is 4.79 Å². The molecule has 0 amide bonds.